The van der Waals surface area contributed by atoms with Crippen molar-refractivity contribution in [1.82, 2.24) is 25.5 Å². The van der Waals surface area contributed by atoms with Gasteiger partial charge in [0.05, 0.1) is 6.04 Å². The lowest BCUT2D eigenvalue weighted by molar-refractivity contribution is 0.486. The van der Waals surface area contributed by atoms with E-state index in [1.54, 1.807) is 6.33 Å². The van der Waals surface area contributed by atoms with Gasteiger partial charge in [0.15, 0.2) is 0 Å². The van der Waals surface area contributed by atoms with E-state index in [1.165, 1.54) is 5.56 Å². The van der Waals surface area contributed by atoms with Crippen LogP contribution in [0.15, 0.2) is 61.1 Å². The summed E-state index contributed by atoms with van der Waals surface area (Å²) in [7, 11) is 0. The van der Waals surface area contributed by atoms with Crippen LogP contribution in [0.2, 0.25) is 0 Å². The van der Waals surface area contributed by atoms with Crippen molar-refractivity contribution in [3.8, 4) is 0 Å². The van der Waals surface area contributed by atoms with E-state index in [0.717, 1.165) is 31.2 Å². The van der Waals surface area contributed by atoms with E-state index < -0.39 is 0 Å². The van der Waals surface area contributed by atoms with Gasteiger partial charge in [-0.25, -0.2) is 9.97 Å². The number of rotatable bonds is 5. The quantitative estimate of drug-likeness (QED) is 0.754. The predicted octanol–water partition coefficient (Wildman–Crippen LogP) is 2.16. The van der Waals surface area contributed by atoms with Crippen LogP contribution >= 0.6 is 0 Å². The summed E-state index contributed by atoms with van der Waals surface area (Å²) in [4.78, 5) is 11.1. The minimum atomic E-state index is 0.0161. The number of H-pyrrole nitrogens is 1. The molecule has 0 unspecified atom stereocenters. The Morgan fingerprint density at radius 2 is 1.96 bits per heavy atom. The number of aromatic amines is 1. The average molecular weight is 320 g/mol. The molecular formula is C18H20N6. The molecule has 3 heterocycles. The summed E-state index contributed by atoms with van der Waals surface area (Å²) >= 11 is 0. The highest BCUT2D eigenvalue weighted by Gasteiger charge is 2.27. The lowest BCUT2D eigenvalue weighted by atomic mass is 10.0. The molecule has 1 aliphatic rings. The van der Waals surface area contributed by atoms with Gasteiger partial charge in [-0.05, 0) is 24.1 Å². The van der Waals surface area contributed by atoms with Gasteiger partial charge in [-0.1, -0.05) is 36.4 Å². The second-order valence-corrected chi connectivity index (χ2v) is 6.00. The number of aromatic nitrogens is 4. The van der Waals surface area contributed by atoms with E-state index in [-0.39, 0.29) is 6.04 Å². The lowest BCUT2D eigenvalue weighted by Gasteiger charge is -2.22. The second kappa shape index (κ2) is 6.80. The zero-order chi connectivity index (χ0) is 16.2. The molecule has 24 heavy (non-hydrogen) atoms. The summed E-state index contributed by atoms with van der Waals surface area (Å²) < 4.78 is 0. The Morgan fingerprint density at radius 3 is 2.71 bits per heavy atom. The molecule has 1 aliphatic heterocycles. The summed E-state index contributed by atoms with van der Waals surface area (Å²) in [5.41, 5.74) is 1.19. The first kappa shape index (κ1) is 14.8. The van der Waals surface area contributed by atoms with Crippen LogP contribution < -0.4 is 10.2 Å². The first-order valence-electron chi connectivity index (χ1n) is 8.22. The van der Waals surface area contributed by atoms with Gasteiger partial charge in [0.1, 0.15) is 18.0 Å². The minimum Gasteiger partial charge on any atom is -0.355 e. The largest absolute Gasteiger partial charge is 0.355 e. The fraction of sp³-hybridized carbons (Fsp3) is 0.278. The van der Waals surface area contributed by atoms with Crippen LogP contribution in [0.3, 0.4) is 0 Å². The van der Waals surface area contributed by atoms with E-state index in [9.17, 15) is 0 Å². The van der Waals surface area contributed by atoms with Gasteiger partial charge in [-0.2, -0.15) is 5.10 Å². The highest BCUT2D eigenvalue weighted by atomic mass is 15.3. The third kappa shape index (κ3) is 3.14. The Kier molecular flexibility index (Phi) is 4.20. The molecule has 2 N–H and O–H groups in total. The molecule has 1 aromatic carbocycles. The van der Waals surface area contributed by atoms with Crippen LogP contribution in [0, 0.1) is 0 Å². The molecule has 2 aromatic heterocycles. The third-order valence-electron chi connectivity index (χ3n) is 4.40. The molecule has 4 rings (SSSR count). The molecule has 1 fully saturated rings. The number of anilines is 1. The smallest absolute Gasteiger partial charge is 0.145 e. The van der Waals surface area contributed by atoms with Crippen LogP contribution in [0.25, 0.3) is 0 Å². The number of pyridine rings is 1. The lowest BCUT2D eigenvalue weighted by Crippen LogP contribution is -2.36. The van der Waals surface area contributed by atoms with Crippen LogP contribution in [-0.2, 0) is 0 Å². The van der Waals surface area contributed by atoms with Crippen LogP contribution in [-0.4, -0.2) is 39.3 Å². The van der Waals surface area contributed by atoms with Crippen molar-refractivity contribution in [3.63, 3.8) is 0 Å². The number of hydrogen-bond acceptors (Lipinski definition) is 5. The predicted molar refractivity (Wildman–Crippen MR) is 92.7 cm³/mol. The number of hydrogen-bond donors (Lipinski definition) is 2. The van der Waals surface area contributed by atoms with E-state index >= 15 is 0 Å². The molecule has 2 atom stereocenters. The van der Waals surface area contributed by atoms with Gasteiger partial charge >= 0.3 is 0 Å². The molecule has 0 amide bonds. The fourth-order valence-electron chi connectivity index (χ4n) is 3.21. The zero-order valence-corrected chi connectivity index (χ0v) is 13.3. The normalized spacial score (nSPS) is 18.7. The van der Waals surface area contributed by atoms with Crippen molar-refractivity contribution in [2.24, 2.45) is 0 Å². The van der Waals surface area contributed by atoms with Crippen molar-refractivity contribution in [3.05, 3.63) is 72.4 Å². The van der Waals surface area contributed by atoms with Gasteiger partial charge < -0.3 is 4.90 Å². The van der Waals surface area contributed by atoms with Crippen molar-refractivity contribution < 1.29 is 0 Å². The Morgan fingerprint density at radius 1 is 1.08 bits per heavy atom. The SMILES string of the molecule is c1ccc([C@@H](N[C@@H]2CCN(c3ccccn3)C2)c2ncn[nH]2)cc1. The molecule has 0 spiro atoms. The van der Waals surface area contributed by atoms with E-state index in [1.807, 2.05) is 24.4 Å². The summed E-state index contributed by atoms with van der Waals surface area (Å²) in [6.07, 6.45) is 4.48. The molecule has 6 heteroatoms. The summed E-state index contributed by atoms with van der Waals surface area (Å²) in [5.74, 6) is 1.88. The fourth-order valence-corrected chi connectivity index (χ4v) is 3.21. The van der Waals surface area contributed by atoms with Gasteiger partial charge in [-0.3, -0.25) is 10.4 Å². The summed E-state index contributed by atoms with van der Waals surface area (Å²) in [6, 6.07) is 16.8. The molecule has 0 saturated carbocycles. The van der Waals surface area contributed by atoms with Gasteiger partial charge in [-0.15, -0.1) is 0 Å². The van der Waals surface area contributed by atoms with Crippen LogP contribution in [0.4, 0.5) is 5.82 Å². The van der Waals surface area contributed by atoms with Crippen LogP contribution in [0.1, 0.15) is 23.9 Å². The molecule has 0 radical (unpaired) electrons. The molecule has 0 aliphatic carbocycles. The Labute approximate surface area is 141 Å². The van der Waals surface area contributed by atoms with Gasteiger partial charge in [0.25, 0.3) is 0 Å². The maximum Gasteiger partial charge on any atom is 0.145 e. The molecule has 122 valence electrons. The highest BCUT2D eigenvalue weighted by molar-refractivity contribution is 5.39. The highest BCUT2D eigenvalue weighted by Crippen LogP contribution is 2.23. The Hall–Kier alpha value is -2.73. The third-order valence-corrected chi connectivity index (χ3v) is 4.40. The summed E-state index contributed by atoms with van der Waals surface area (Å²) in [6.45, 7) is 1.95. The first-order chi connectivity index (χ1) is 11.9. The van der Waals surface area contributed by atoms with E-state index in [2.05, 4.69) is 60.7 Å². The number of benzene rings is 1. The van der Waals surface area contributed by atoms with Crippen molar-refractivity contribution in [2.45, 2.75) is 18.5 Å². The molecule has 0 bridgehead atoms. The number of nitrogens with zero attached hydrogens (tertiary/aromatic N) is 4. The van der Waals surface area contributed by atoms with Crippen molar-refractivity contribution in [2.75, 3.05) is 18.0 Å². The standard InChI is InChI=1S/C18H20N6/c1-2-6-14(7-3-1)17(18-20-13-21-23-18)22-15-9-11-24(12-15)16-8-4-5-10-19-16/h1-8,10,13,15,17,22H,9,11-12H2,(H,20,21,23)/t15-,17-/m1/s1. The Balaban J connectivity index is 1.50. The molecule has 6 nitrogen and oxygen atoms in total. The van der Waals surface area contributed by atoms with Gasteiger partial charge in [0, 0.05) is 25.3 Å². The van der Waals surface area contributed by atoms with E-state index in [4.69, 9.17) is 0 Å². The first-order valence-corrected chi connectivity index (χ1v) is 8.22. The second-order valence-electron chi connectivity index (χ2n) is 6.00. The zero-order valence-electron chi connectivity index (χ0n) is 13.3. The molecular weight excluding hydrogens is 300 g/mol. The van der Waals surface area contributed by atoms with Crippen molar-refractivity contribution in [1.29, 1.82) is 0 Å². The monoisotopic (exact) mass is 320 g/mol. The maximum atomic E-state index is 4.45. The molecule has 1 saturated heterocycles. The number of nitrogens with one attached hydrogen (secondary N) is 2. The topological polar surface area (TPSA) is 69.7 Å². The summed E-state index contributed by atoms with van der Waals surface area (Å²) in [5, 5.41) is 10.7. The van der Waals surface area contributed by atoms with Crippen molar-refractivity contribution >= 4 is 5.82 Å². The maximum absolute atomic E-state index is 4.45. The molecule has 3 aromatic rings. The Bertz CT molecular complexity index is 744. The van der Waals surface area contributed by atoms with Crippen LogP contribution in [0.5, 0.6) is 0 Å². The van der Waals surface area contributed by atoms with Gasteiger partial charge in [0.2, 0.25) is 0 Å². The van der Waals surface area contributed by atoms with E-state index in [0.29, 0.717) is 6.04 Å². The average Bonchev–Trinajstić information content (AvgIpc) is 3.33. The minimum absolute atomic E-state index is 0.0161.